The highest BCUT2D eigenvalue weighted by atomic mass is 16.5. The predicted octanol–water partition coefficient (Wildman–Crippen LogP) is 2.23. The molecule has 4 nitrogen and oxygen atoms in total. The van der Waals surface area contributed by atoms with Crippen molar-refractivity contribution in [3.05, 3.63) is 35.4 Å². The van der Waals surface area contributed by atoms with Crippen LogP contribution in [0.25, 0.3) is 0 Å². The van der Waals surface area contributed by atoms with E-state index in [1.807, 2.05) is 6.92 Å². The molecule has 1 aliphatic rings. The second kappa shape index (κ2) is 8.15. The third-order valence-electron chi connectivity index (χ3n) is 3.96. The Balaban J connectivity index is 1.78. The summed E-state index contributed by atoms with van der Waals surface area (Å²) >= 11 is 0. The van der Waals surface area contributed by atoms with Crippen LogP contribution in [0.2, 0.25) is 0 Å². The van der Waals surface area contributed by atoms with Crippen molar-refractivity contribution in [2.75, 3.05) is 13.2 Å². The summed E-state index contributed by atoms with van der Waals surface area (Å²) < 4.78 is 5.37. The van der Waals surface area contributed by atoms with Crippen LogP contribution in [0.15, 0.2) is 24.3 Å². The summed E-state index contributed by atoms with van der Waals surface area (Å²) in [5.74, 6) is 0.334. The zero-order valence-corrected chi connectivity index (χ0v) is 13.0. The first-order valence-corrected chi connectivity index (χ1v) is 7.85. The molecule has 0 saturated carbocycles. The molecule has 1 heterocycles. The van der Waals surface area contributed by atoms with Crippen molar-refractivity contribution in [1.82, 2.24) is 10.6 Å². The Bertz CT molecular complexity index is 445. The SMILES string of the molecule is CCOCc1ccc(CNC(=O)[C@H]2CCN[C@@H](C)C2)cc1. The summed E-state index contributed by atoms with van der Waals surface area (Å²) in [5.41, 5.74) is 2.30. The number of rotatable bonds is 6. The van der Waals surface area contributed by atoms with Gasteiger partial charge in [-0.15, -0.1) is 0 Å². The molecule has 2 rings (SSSR count). The lowest BCUT2D eigenvalue weighted by Gasteiger charge is -2.27. The quantitative estimate of drug-likeness (QED) is 0.844. The second-order valence-electron chi connectivity index (χ2n) is 5.75. The molecule has 2 atom stereocenters. The van der Waals surface area contributed by atoms with E-state index in [4.69, 9.17) is 4.74 Å². The largest absolute Gasteiger partial charge is 0.377 e. The molecule has 0 bridgehead atoms. The normalized spacial score (nSPS) is 22.0. The van der Waals surface area contributed by atoms with Gasteiger partial charge in [-0.3, -0.25) is 4.79 Å². The summed E-state index contributed by atoms with van der Waals surface area (Å²) in [6, 6.07) is 8.67. The zero-order valence-electron chi connectivity index (χ0n) is 13.0. The molecule has 21 heavy (non-hydrogen) atoms. The summed E-state index contributed by atoms with van der Waals surface area (Å²) in [6.07, 6.45) is 1.86. The van der Waals surface area contributed by atoms with Crippen molar-refractivity contribution in [2.24, 2.45) is 5.92 Å². The van der Waals surface area contributed by atoms with Gasteiger partial charge >= 0.3 is 0 Å². The number of nitrogens with one attached hydrogen (secondary N) is 2. The Morgan fingerprint density at radius 1 is 1.33 bits per heavy atom. The van der Waals surface area contributed by atoms with Gasteiger partial charge in [0, 0.05) is 25.1 Å². The highest BCUT2D eigenvalue weighted by Crippen LogP contribution is 2.16. The summed E-state index contributed by atoms with van der Waals surface area (Å²) in [7, 11) is 0. The number of benzene rings is 1. The molecule has 116 valence electrons. The molecule has 1 aliphatic heterocycles. The lowest BCUT2D eigenvalue weighted by atomic mass is 9.92. The van der Waals surface area contributed by atoms with Gasteiger partial charge in [-0.25, -0.2) is 0 Å². The van der Waals surface area contributed by atoms with E-state index >= 15 is 0 Å². The topological polar surface area (TPSA) is 50.4 Å². The first-order valence-electron chi connectivity index (χ1n) is 7.85. The van der Waals surface area contributed by atoms with Gasteiger partial charge in [0.15, 0.2) is 0 Å². The monoisotopic (exact) mass is 290 g/mol. The van der Waals surface area contributed by atoms with Gasteiger partial charge in [-0.1, -0.05) is 24.3 Å². The average molecular weight is 290 g/mol. The number of hydrogen-bond acceptors (Lipinski definition) is 3. The van der Waals surface area contributed by atoms with Crippen LogP contribution in [0.1, 0.15) is 37.8 Å². The molecule has 1 aromatic rings. The Labute approximate surface area is 127 Å². The van der Waals surface area contributed by atoms with Crippen LogP contribution >= 0.6 is 0 Å². The minimum Gasteiger partial charge on any atom is -0.377 e. The third-order valence-corrected chi connectivity index (χ3v) is 3.96. The highest BCUT2D eigenvalue weighted by Gasteiger charge is 2.24. The van der Waals surface area contributed by atoms with Crippen LogP contribution in [0.4, 0.5) is 0 Å². The van der Waals surface area contributed by atoms with Gasteiger partial charge in [0.05, 0.1) is 6.61 Å². The van der Waals surface area contributed by atoms with Gasteiger partial charge in [0.1, 0.15) is 0 Å². The second-order valence-corrected chi connectivity index (χ2v) is 5.75. The first-order chi connectivity index (χ1) is 10.2. The fourth-order valence-corrected chi connectivity index (χ4v) is 2.68. The van der Waals surface area contributed by atoms with Gasteiger partial charge < -0.3 is 15.4 Å². The Morgan fingerprint density at radius 3 is 2.71 bits per heavy atom. The van der Waals surface area contributed by atoms with Gasteiger partial charge in [-0.05, 0) is 44.4 Å². The van der Waals surface area contributed by atoms with Gasteiger partial charge in [0.25, 0.3) is 0 Å². The molecule has 0 unspecified atom stereocenters. The van der Waals surface area contributed by atoms with Gasteiger partial charge in [0.2, 0.25) is 5.91 Å². The fraction of sp³-hybridized carbons (Fsp3) is 0.588. The van der Waals surface area contributed by atoms with E-state index < -0.39 is 0 Å². The van der Waals surface area contributed by atoms with Gasteiger partial charge in [-0.2, -0.15) is 0 Å². The van der Waals surface area contributed by atoms with E-state index in [-0.39, 0.29) is 11.8 Å². The van der Waals surface area contributed by atoms with Crippen molar-refractivity contribution >= 4 is 5.91 Å². The van der Waals surface area contributed by atoms with Crippen LogP contribution in [0.3, 0.4) is 0 Å². The Morgan fingerprint density at radius 2 is 2.05 bits per heavy atom. The van der Waals surface area contributed by atoms with Crippen molar-refractivity contribution < 1.29 is 9.53 Å². The molecule has 1 aromatic carbocycles. The molecule has 0 spiro atoms. The maximum Gasteiger partial charge on any atom is 0.223 e. The van der Waals surface area contributed by atoms with Crippen LogP contribution in [-0.4, -0.2) is 25.1 Å². The van der Waals surface area contributed by atoms with Crippen molar-refractivity contribution in [3.8, 4) is 0 Å². The predicted molar refractivity (Wildman–Crippen MR) is 83.8 cm³/mol. The molecule has 1 fully saturated rings. The molecule has 1 amide bonds. The maximum atomic E-state index is 12.2. The molecule has 0 aromatic heterocycles. The van der Waals surface area contributed by atoms with E-state index in [0.717, 1.165) is 31.6 Å². The summed E-state index contributed by atoms with van der Waals surface area (Å²) in [6.45, 7) is 7.04. The van der Waals surface area contributed by atoms with Crippen LogP contribution < -0.4 is 10.6 Å². The lowest BCUT2D eigenvalue weighted by molar-refractivity contribution is -0.126. The zero-order chi connectivity index (χ0) is 15.1. The average Bonchev–Trinajstić information content (AvgIpc) is 2.51. The first kappa shape index (κ1) is 16.0. The lowest BCUT2D eigenvalue weighted by Crippen LogP contribution is -2.42. The number of carbonyl (C=O) groups is 1. The van der Waals surface area contributed by atoms with E-state index in [2.05, 4.69) is 41.8 Å². The number of amides is 1. The number of hydrogen-bond donors (Lipinski definition) is 2. The smallest absolute Gasteiger partial charge is 0.223 e. The molecular formula is C17H26N2O2. The maximum absolute atomic E-state index is 12.2. The Kier molecular flexibility index (Phi) is 6.21. The molecule has 1 saturated heterocycles. The molecule has 4 heteroatoms. The molecule has 2 N–H and O–H groups in total. The molecule has 0 aliphatic carbocycles. The fourth-order valence-electron chi connectivity index (χ4n) is 2.68. The van der Waals surface area contributed by atoms with Crippen molar-refractivity contribution in [2.45, 2.75) is 45.9 Å². The van der Waals surface area contributed by atoms with Crippen LogP contribution in [0.5, 0.6) is 0 Å². The number of piperidine rings is 1. The van der Waals surface area contributed by atoms with Crippen LogP contribution in [-0.2, 0) is 22.7 Å². The van der Waals surface area contributed by atoms with E-state index in [0.29, 0.717) is 19.2 Å². The number of carbonyl (C=O) groups excluding carboxylic acids is 1. The van der Waals surface area contributed by atoms with E-state index in [9.17, 15) is 4.79 Å². The number of ether oxygens (including phenoxy) is 1. The highest BCUT2D eigenvalue weighted by molar-refractivity contribution is 5.78. The minimum atomic E-state index is 0.151. The van der Waals surface area contributed by atoms with E-state index in [1.165, 1.54) is 5.56 Å². The summed E-state index contributed by atoms with van der Waals surface area (Å²) in [5, 5.41) is 6.43. The van der Waals surface area contributed by atoms with Crippen molar-refractivity contribution in [1.29, 1.82) is 0 Å². The summed E-state index contributed by atoms with van der Waals surface area (Å²) in [4.78, 5) is 12.2. The Hall–Kier alpha value is -1.39. The molecular weight excluding hydrogens is 264 g/mol. The standard InChI is InChI=1S/C17H26N2O2/c1-3-21-12-15-6-4-14(5-7-15)11-19-17(20)16-8-9-18-13(2)10-16/h4-7,13,16,18H,3,8-12H2,1-2H3,(H,19,20)/t13-,16-/m0/s1. The minimum absolute atomic E-state index is 0.151. The van der Waals surface area contributed by atoms with Crippen molar-refractivity contribution in [3.63, 3.8) is 0 Å². The van der Waals surface area contributed by atoms with Crippen LogP contribution in [0, 0.1) is 5.92 Å². The third kappa shape index (κ3) is 5.14. The van der Waals surface area contributed by atoms with E-state index in [1.54, 1.807) is 0 Å². The molecule has 0 radical (unpaired) electrons.